The lowest BCUT2D eigenvalue weighted by atomic mass is 9.88. The number of halogens is 2. The van der Waals surface area contributed by atoms with E-state index in [-0.39, 0.29) is 0 Å². The molecule has 1 atom stereocenters. The molecule has 4 heteroatoms. The first kappa shape index (κ1) is 14.6. The number of hydrogen-bond acceptors (Lipinski definition) is 2. The fourth-order valence-corrected chi connectivity index (χ4v) is 4.16. The quantitative estimate of drug-likeness (QED) is 0.909. The van der Waals surface area contributed by atoms with Crippen molar-refractivity contribution in [2.24, 2.45) is 5.92 Å². The average molecular weight is 313 g/mol. The second-order valence-electron chi connectivity index (χ2n) is 6.09. The fraction of sp³-hybridized carbons (Fsp3) is 0.625. The van der Waals surface area contributed by atoms with Gasteiger partial charge >= 0.3 is 0 Å². The van der Waals surface area contributed by atoms with Crippen molar-refractivity contribution in [3.63, 3.8) is 0 Å². The summed E-state index contributed by atoms with van der Waals surface area (Å²) in [4.78, 5) is 2.52. The lowest BCUT2D eigenvalue weighted by Crippen LogP contribution is -2.40. The monoisotopic (exact) mass is 312 g/mol. The van der Waals surface area contributed by atoms with Gasteiger partial charge in [0.25, 0.3) is 0 Å². The Morgan fingerprint density at radius 1 is 1.05 bits per heavy atom. The molecule has 0 aromatic heterocycles. The number of piperidine rings is 1. The summed E-state index contributed by atoms with van der Waals surface area (Å²) in [5.41, 5.74) is 1.22. The van der Waals surface area contributed by atoms with Crippen LogP contribution in [0.5, 0.6) is 0 Å². The van der Waals surface area contributed by atoms with Crippen molar-refractivity contribution in [2.45, 2.75) is 38.3 Å². The summed E-state index contributed by atoms with van der Waals surface area (Å²) < 4.78 is 0. The van der Waals surface area contributed by atoms with E-state index in [0.717, 1.165) is 28.5 Å². The average Bonchev–Trinajstić information content (AvgIpc) is 2.92. The second-order valence-corrected chi connectivity index (χ2v) is 6.97. The van der Waals surface area contributed by atoms with Crippen LogP contribution in [0, 0.1) is 5.92 Å². The predicted molar refractivity (Wildman–Crippen MR) is 85.5 cm³/mol. The molecule has 0 bridgehead atoms. The van der Waals surface area contributed by atoms with Gasteiger partial charge in [0.2, 0.25) is 0 Å². The third kappa shape index (κ3) is 3.67. The highest BCUT2D eigenvalue weighted by Gasteiger charge is 2.28. The molecule has 0 aliphatic carbocycles. The van der Waals surface area contributed by atoms with Crippen molar-refractivity contribution in [1.29, 1.82) is 0 Å². The van der Waals surface area contributed by atoms with Crippen LogP contribution >= 0.6 is 23.2 Å². The zero-order valence-corrected chi connectivity index (χ0v) is 13.3. The molecule has 0 amide bonds. The Labute approximate surface area is 131 Å². The van der Waals surface area contributed by atoms with E-state index in [1.807, 2.05) is 12.1 Å². The Bertz CT molecular complexity index is 430. The van der Waals surface area contributed by atoms with Gasteiger partial charge in [-0.1, -0.05) is 23.2 Å². The maximum absolute atomic E-state index is 6.07. The SMILES string of the molecule is Clc1cc(Cl)cc(CN2CCC(C3CCCN3)CC2)c1. The van der Waals surface area contributed by atoms with Gasteiger partial charge in [-0.2, -0.15) is 0 Å². The molecule has 2 heterocycles. The number of nitrogens with zero attached hydrogens (tertiary/aromatic N) is 1. The molecular weight excluding hydrogens is 291 g/mol. The number of rotatable bonds is 3. The third-order valence-electron chi connectivity index (χ3n) is 4.63. The standard InChI is InChI=1S/C16H22Cl2N2/c17-14-8-12(9-15(18)10-14)11-20-6-3-13(4-7-20)16-2-1-5-19-16/h8-10,13,16,19H,1-7,11H2. The van der Waals surface area contributed by atoms with E-state index in [4.69, 9.17) is 23.2 Å². The van der Waals surface area contributed by atoms with E-state index in [0.29, 0.717) is 0 Å². The van der Waals surface area contributed by atoms with Gasteiger partial charge in [0.05, 0.1) is 0 Å². The van der Waals surface area contributed by atoms with Crippen LogP contribution in [0.3, 0.4) is 0 Å². The molecule has 2 nitrogen and oxygen atoms in total. The largest absolute Gasteiger partial charge is 0.314 e. The highest BCUT2D eigenvalue weighted by molar-refractivity contribution is 6.34. The first-order valence-corrected chi connectivity index (χ1v) is 8.37. The maximum atomic E-state index is 6.07. The fourth-order valence-electron chi connectivity index (χ4n) is 3.59. The van der Waals surface area contributed by atoms with Gasteiger partial charge in [0, 0.05) is 22.6 Å². The number of nitrogens with one attached hydrogen (secondary N) is 1. The highest BCUT2D eigenvalue weighted by atomic mass is 35.5. The summed E-state index contributed by atoms with van der Waals surface area (Å²) >= 11 is 12.1. The number of hydrogen-bond donors (Lipinski definition) is 1. The summed E-state index contributed by atoms with van der Waals surface area (Å²) in [6.07, 6.45) is 5.35. The molecule has 1 N–H and O–H groups in total. The van der Waals surface area contributed by atoms with E-state index in [1.54, 1.807) is 6.07 Å². The van der Waals surface area contributed by atoms with Gasteiger partial charge in [0.1, 0.15) is 0 Å². The molecule has 110 valence electrons. The zero-order valence-electron chi connectivity index (χ0n) is 11.7. The molecule has 0 saturated carbocycles. The van der Waals surface area contributed by atoms with Gasteiger partial charge in [0.15, 0.2) is 0 Å². The van der Waals surface area contributed by atoms with E-state index < -0.39 is 0 Å². The zero-order chi connectivity index (χ0) is 13.9. The van der Waals surface area contributed by atoms with E-state index in [9.17, 15) is 0 Å². The summed E-state index contributed by atoms with van der Waals surface area (Å²) in [7, 11) is 0. The summed E-state index contributed by atoms with van der Waals surface area (Å²) in [5.74, 6) is 0.872. The maximum Gasteiger partial charge on any atom is 0.0424 e. The molecule has 2 fully saturated rings. The molecule has 0 spiro atoms. The third-order valence-corrected chi connectivity index (χ3v) is 5.06. The number of benzene rings is 1. The van der Waals surface area contributed by atoms with Gasteiger partial charge in [-0.05, 0) is 75.0 Å². The van der Waals surface area contributed by atoms with Crippen molar-refractivity contribution in [3.8, 4) is 0 Å². The van der Waals surface area contributed by atoms with Crippen molar-refractivity contribution in [3.05, 3.63) is 33.8 Å². The predicted octanol–water partition coefficient (Wildman–Crippen LogP) is 3.96. The molecular formula is C16H22Cl2N2. The summed E-state index contributed by atoms with van der Waals surface area (Å²) in [6, 6.07) is 6.62. The molecule has 1 aromatic carbocycles. The topological polar surface area (TPSA) is 15.3 Å². The Morgan fingerprint density at radius 2 is 1.75 bits per heavy atom. The molecule has 2 aliphatic heterocycles. The Balaban J connectivity index is 1.53. The van der Waals surface area contributed by atoms with E-state index in [2.05, 4.69) is 10.2 Å². The first-order valence-electron chi connectivity index (χ1n) is 7.61. The van der Waals surface area contributed by atoms with Crippen molar-refractivity contribution in [2.75, 3.05) is 19.6 Å². The van der Waals surface area contributed by atoms with E-state index in [1.165, 1.54) is 50.9 Å². The van der Waals surface area contributed by atoms with Crippen molar-refractivity contribution < 1.29 is 0 Å². The van der Waals surface area contributed by atoms with Crippen LogP contribution in [-0.4, -0.2) is 30.6 Å². The second kappa shape index (κ2) is 6.65. The van der Waals surface area contributed by atoms with Crippen LogP contribution in [0.25, 0.3) is 0 Å². The molecule has 20 heavy (non-hydrogen) atoms. The van der Waals surface area contributed by atoms with Crippen molar-refractivity contribution in [1.82, 2.24) is 10.2 Å². The molecule has 2 aliphatic rings. The Kier molecular flexibility index (Phi) is 4.87. The van der Waals surface area contributed by atoms with Crippen LogP contribution in [0.15, 0.2) is 18.2 Å². The van der Waals surface area contributed by atoms with Crippen molar-refractivity contribution >= 4 is 23.2 Å². The smallest absolute Gasteiger partial charge is 0.0424 e. The molecule has 1 unspecified atom stereocenters. The minimum atomic E-state index is 0.734. The molecule has 1 aromatic rings. The number of likely N-dealkylation sites (tertiary alicyclic amines) is 1. The summed E-state index contributed by atoms with van der Waals surface area (Å²) in [6.45, 7) is 4.55. The minimum Gasteiger partial charge on any atom is -0.314 e. The molecule has 3 rings (SSSR count). The van der Waals surface area contributed by atoms with Crippen LogP contribution in [0.4, 0.5) is 0 Å². The lowest BCUT2D eigenvalue weighted by Gasteiger charge is -2.35. The summed E-state index contributed by atoms with van der Waals surface area (Å²) in [5, 5.41) is 5.12. The van der Waals surface area contributed by atoms with Crippen LogP contribution in [0.1, 0.15) is 31.2 Å². The normalized spacial score (nSPS) is 25.2. The molecule has 2 saturated heterocycles. The first-order chi connectivity index (χ1) is 9.70. The van der Waals surface area contributed by atoms with Gasteiger partial charge in [-0.3, -0.25) is 4.90 Å². The van der Waals surface area contributed by atoms with Gasteiger partial charge in [-0.25, -0.2) is 0 Å². The molecule has 0 radical (unpaired) electrons. The minimum absolute atomic E-state index is 0.734. The van der Waals surface area contributed by atoms with Gasteiger partial charge < -0.3 is 5.32 Å². The van der Waals surface area contributed by atoms with Crippen LogP contribution in [-0.2, 0) is 6.54 Å². The van der Waals surface area contributed by atoms with Crippen LogP contribution < -0.4 is 5.32 Å². The van der Waals surface area contributed by atoms with E-state index >= 15 is 0 Å². The van der Waals surface area contributed by atoms with Gasteiger partial charge in [-0.15, -0.1) is 0 Å². The lowest BCUT2D eigenvalue weighted by molar-refractivity contribution is 0.157. The Hall–Kier alpha value is -0.280. The Morgan fingerprint density at radius 3 is 2.35 bits per heavy atom. The van der Waals surface area contributed by atoms with Crippen LogP contribution in [0.2, 0.25) is 10.0 Å². The highest BCUT2D eigenvalue weighted by Crippen LogP contribution is 2.27.